The fraction of sp³-hybridized carbons (Fsp3) is 0.182. The van der Waals surface area contributed by atoms with Crippen molar-refractivity contribution in [3.05, 3.63) is 95.6 Å². The van der Waals surface area contributed by atoms with E-state index in [1.165, 1.54) is 16.7 Å². The zero-order valence-corrected chi connectivity index (χ0v) is 14.1. The largest absolute Gasteiger partial charge is 0.497 e. The first-order valence-corrected chi connectivity index (χ1v) is 8.12. The molecule has 3 aromatic carbocycles. The van der Waals surface area contributed by atoms with Crippen molar-refractivity contribution in [3.63, 3.8) is 0 Å². The van der Waals surface area contributed by atoms with Crippen LogP contribution in [0.5, 0.6) is 11.5 Å². The van der Waals surface area contributed by atoms with Crippen LogP contribution in [0.25, 0.3) is 0 Å². The number of ether oxygens (including phenoxy) is 2. The third-order valence-electron chi connectivity index (χ3n) is 4.32. The van der Waals surface area contributed by atoms with Crippen molar-refractivity contribution in [1.29, 1.82) is 0 Å². The van der Waals surface area contributed by atoms with Gasteiger partial charge < -0.3 is 9.47 Å². The lowest BCUT2D eigenvalue weighted by atomic mass is 9.86. The molecule has 0 amide bonds. The van der Waals surface area contributed by atoms with E-state index in [0.29, 0.717) is 5.92 Å². The van der Waals surface area contributed by atoms with Crippen molar-refractivity contribution >= 4 is 0 Å². The van der Waals surface area contributed by atoms with Crippen LogP contribution in [0, 0.1) is 0 Å². The smallest absolute Gasteiger partial charge is 0.118 e. The number of hydrogen-bond acceptors (Lipinski definition) is 2. The van der Waals surface area contributed by atoms with Gasteiger partial charge in [-0.2, -0.15) is 0 Å². The van der Waals surface area contributed by atoms with E-state index in [1.807, 2.05) is 24.3 Å². The molecule has 0 radical (unpaired) electrons. The molecule has 24 heavy (non-hydrogen) atoms. The maximum absolute atomic E-state index is 5.29. The molecule has 2 nitrogen and oxygen atoms in total. The zero-order chi connectivity index (χ0) is 16.8. The van der Waals surface area contributed by atoms with E-state index >= 15 is 0 Å². The molecule has 3 aromatic rings. The van der Waals surface area contributed by atoms with Crippen molar-refractivity contribution in [2.45, 2.75) is 12.3 Å². The second kappa shape index (κ2) is 7.69. The van der Waals surface area contributed by atoms with Crippen LogP contribution in [-0.4, -0.2) is 14.2 Å². The third kappa shape index (κ3) is 3.77. The number of methoxy groups -OCH3 is 2. The summed E-state index contributed by atoms with van der Waals surface area (Å²) in [5.41, 5.74) is 3.89. The molecule has 0 bridgehead atoms. The highest BCUT2D eigenvalue weighted by Crippen LogP contribution is 2.30. The molecular weight excluding hydrogens is 296 g/mol. The van der Waals surface area contributed by atoms with Crippen LogP contribution in [0.4, 0.5) is 0 Å². The lowest BCUT2D eigenvalue weighted by Crippen LogP contribution is -2.05. The molecule has 0 spiro atoms. The Bertz CT molecular complexity index is 699. The van der Waals surface area contributed by atoms with Crippen LogP contribution in [0.1, 0.15) is 22.6 Å². The third-order valence-corrected chi connectivity index (χ3v) is 4.32. The Labute approximate surface area is 143 Å². The van der Waals surface area contributed by atoms with E-state index < -0.39 is 0 Å². The molecular formula is C22H22O2. The van der Waals surface area contributed by atoms with E-state index in [1.54, 1.807) is 14.2 Å². The fourth-order valence-corrected chi connectivity index (χ4v) is 2.95. The van der Waals surface area contributed by atoms with Crippen molar-refractivity contribution < 1.29 is 9.47 Å². The van der Waals surface area contributed by atoms with E-state index in [9.17, 15) is 0 Å². The molecule has 0 aliphatic carbocycles. The zero-order valence-electron chi connectivity index (χ0n) is 14.1. The average Bonchev–Trinajstić information content (AvgIpc) is 2.67. The summed E-state index contributed by atoms with van der Waals surface area (Å²) in [7, 11) is 3.39. The van der Waals surface area contributed by atoms with Crippen LogP contribution >= 0.6 is 0 Å². The number of rotatable bonds is 6. The summed E-state index contributed by atoms with van der Waals surface area (Å²) in [5.74, 6) is 2.06. The first-order valence-electron chi connectivity index (χ1n) is 8.12. The summed E-state index contributed by atoms with van der Waals surface area (Å²) in [4.78, 5) is 0. The minimum Gasteiger partial charge on any atom is -0.497 e. The number of hydrogen-bond donors (Lipinski definition) is 0. The van der Waals surface area contributed by atoms with Crippen LogP contribution in [0.15, 0.2) is 78.9 Å². The topological polar surface area (TPSA) is 18.5 Å². The van der Waals surface area contributed by atoms with Gasteiger partial charge in [0.1, 0.15) is 11.5 Å². The van der Waals surface area contributed by atoms with Crippen molar-refractivity contribution in [3.8, 4) is 11.5 Å². The van der Waals surface area contributed by atoms with Crippen LogP contribution in [0.3, 0.4) is 0 Å². The summed E-state index contributed by atoms with van der Waals surface area (Å²) < 4.78 is 10.6. The second-order valence-corrected chi connectivity index (χ2v) is 5.79. The van der Waals surface area contributed by atoms with Crippen LogP contribution < -0.4 is 9.47 Å². The summed E-state index contributed by atoms with van der Waals surface area (Å²) in [6, 6.07) is 27.3. The Hall–Kier alpha value is -2.74. The van der Waals surface area contributed by atoms with Gasteiger partial charge in [-0.3, -0.25) is 0 Å². The van der Waals surface area contributed by atoms with Gasteiger partial charge in [0.25, 0.3) is 0 Å². The Morgan fingerprint density at radius 2 is 1.08 bits per heavy atom. The highest BCUT2D eigenvalue weighted by Gasteiger charge is 2.15. The molecule has 0 saturated carbocycles. The van der Waals surface area contributed by atoms with Gasteiger partial charge >= 0.3 is 0 Å². The SMILES string of the molecule is COc1ccc(C(Cc2ccccc2)c2ccc(OC)cc2)cc1. The molecule has 0 N–H and O–H groups in total. The molecule has 0 unspecified atom stereocenters. The quantitative estimate of drug-likeness (QED) is 0.631. The summed E-state index contributed by atoms with van der Waals surface area (Å²) >= 11 is 0. The Kier molecular flexibility index (Phi) is 5.17. The molecule has 122 valence electrons. The normalized spacial score (nSPS) is 10.6. The van der Waals surface area contributed by atoms with Gasteiger partial charge in [0.05, 0.1) is 14.2 Å². The van der Waals surface area contributed by atoms with E-state index in [4.69, 9.17) is 9.47 Å². The minimum atomic E-state index is 0.296. The maximum atomic E-state index is 5.29. The molecule has 0 heterocycles. The van der Waals surface area contributed by atoms with E-state index in [2.05, 4.69) is 54.6 Å². The van der Waals surface area contributed by atoms with Gasteiger partial charge in [0, 0.05) is 5.92 Å². The molecule has 0 aliphatic rings. The molecule has 0 aromatic heterocycles. The Morgan fingerprint density at radius 3 is 1.50 bits per heavy atom. The lowest BCUT2D eigenvalue weighted by molar-refractivity contribution is 0.414. The van der Waals surface area contributed by atoms with Crippen LogP contribution in [0.2, 0.25) is 0 Å². The first kappa shape index (κ1) is 16.1. The molecule has 0 fully saturated rings. The minimum absolute atomic E-state index is 0.296. The van der Waals surface area contributed by atoms with Gasteiger partial charge in [-0.1, -0.05) is 54.6 Å². The number of benzene rings is 3. The van der Waals surface area contributed by atoms with E-state index in [-0.39, 0.29) is 0 Å². The summed E-state index contributed by atoms with van der Waals surface area (Å²) in [6.07, 6.45) is 0.958. The van der Waals surface area contributed by atoms with Gasteiger partial charge in [-0.05, 0) is 47.4 Å². The molecule has 0 saturated heterocycles. The molecule has 2 heteroatoms. The highest BCUT2D eigenvalue weighted by molar-refractivity contribution is 5.39. The second-order valence-electron chi connectivity index (χ2n) is 5.79. The van der Waals surface area contributed by atoms with Gasteiger partial charge in [0.2, 0.25) is 0 Å². The van der Waals surface area contributed by atoms with Crippen molar-refractivity contribution in [2.75, 3.05) is 14.2 Å². The van der Waals surface area contributed by atoms with Gasteiger partial charge in [-0.25, -0.2) is 0 Å². The monoisotopic (exact) mass is 318 g/mol. The Balaban J connectivity index is 1.95. The summed E-state index contributed by atoms with van der Waals surface area (Å²) in [6.45, 7) is 0. The Morgan fingerprint density at radius 1 is 0.625 bits per heavy atom. The standard InChI is InChI=1S/C22H22O2/c1-23-20-12-8-18(9-13-20)22(16-17-6-4-3-5-7-17)19-10-14-21(24-2)15-11-19/h3-15,22H,16H2,1-2H3. The molecule has 3 rings (SSSR count). The van der Waals surface area contributed by atoms with Crippen molar-refractivity contribution in [2.24, 2.45) is 0 Å². The predicted molar refractivity (Wildman–Crippen MR) is 98.0 cm³/mol. The van der Waals surface area contributed by atoms with E-state index in [0.717, 1.165) is 17.9 Å². The van der Waals surface area contributed by atoms with Gasteiger partial charge in [-0.15, -0.1) is 0 Å². The first-order chi connectivity index (χ1) is 11.8. The molecule has 0 aliphatic heterocycles. The van der Waals surface area contributed by atoms with Gasteiger partial charge in [0.15, 0.2) is 0 Å². The average molecular weight is 318 g/mol. The fourth-order valence-electron chi connectivity index (χ4n) is 2.95. The van der Waals surface area contributed by atoms with Crippen molar-refractivity contribution in [1.82, 2.24) is 0 Å². The van der Waals surface area contributed by atoms with Crippen LogP contribution in [-0.2, 0) is 6.42 Å². The maximum Gasteiger partial charge on any atom is 0.118 e. The summed E-state index contributed by atoms with van der Waals surface area (Å²) in [5, 5.41) is 0. The molecule has 0 atom stereocenters. The highest BCUT2D eigenvalue weighted by atomic mass is 16.5. The predicted octanol–water partition coefficient (Wildman–Crippen LogP) is 5.08. The lowest BCUT2D eigenvalue weighted by Gasteiger charge is -2.19.